The van der Waals surface area contributed by atoms with Crippen LogP contribution in [-0.2, 0) is 4.74 Å². The van der Waals surface area contributed by atoms with Crippen LogP contribution in [0.5, 0.6) is 0 Å². The fourth-order valence-electron chi connectivity index (χ4n) is 3.10. The number of likely N-dealkylation sites (N-methyl/N-ethyl adjacent to an activating group) is 1. The average molecular weight is 290 g/mol. The number of piperidine rings is 1. The van der Waals surface area contributed by atoms with Crippen LogP contribution in [0.15, 0.2) is 12.4 Å². The minimum absolute atomic E-state index is 0.341. The summed E-state index contributed by atoms with van der Waals surface area (Å²) in [6.07, 6.45) is 5.42. The van der Waals surface area contributed by atoms with E-state index in [0.717, 1.165) is 25.2 Å². The average Bonchev–Trinajstić information content (AvgIpc) is 2.73. The normalized spacial score (nSPS) is 26.0. The van der Waals surface area contributed by atoms with E-state index in [1.165, 1.54) is 6.42 Å². The third kappa shape index (κ3) is 2.72. The van der Waals surface area contributed by atoms with Gasteiger partial charge in [-0.3, -0.25) is 9.88 Å². The summed E-state index contributed by atoms with van der Waals surface area (Å²) in [5.41, 5.74) is 0.586. The summed E-state index contributed by atoms with van der Waals surface area (Å²) in [6, 6.07) is 0. The summed E-state index contributed by atoms with van der Waals surface area (Å²) in [5, 5.41) is 0. The first-order valence-corrected chi connectivity index (χ1v) is 7.45. The first kappa shape index (κ1) is 14.3. The van der Waals surface area contributed by atoms with Crippen LogP contribution in [-0.4, -0.2) is 53.2 Å². The minimum atomic E-state index is -0.381. The van der Waals surface area contributed by atoms with Gasteiger partial charge in [0.2, 0.25) is 0 Å². The standard InChI is InChI=1S/C15H22N4O2/c1-15(2)10-21-14(20)19(15)13-8-16-7-12(17-13)11-5-4-6-18(3)9-11/h7-8,11H,4-6,9-10H2,1-3H3/t11-/m1/s1. The Bertz CT molecular complexity index is 546. The highest BCUT2D eigenvalue weighted by atomic mass is 16.6. The molecule has 0 bridgehead atoms. The van der Waals surface area contributed by atoms with Gasteiger partial charge >= 0.3 is 6.09 Å². The van der Waals surface area contributed by atoms with E-state index in [-0.39, 0.29) is 11.6 Å². The highest BCUT2D eigenvalue weighted by molar-refractivity contribution is 5.90. The zero-order valence-corrected chi connectivity index (χ0v) is 12.9. The number of amides is 1. The molecule has 0 N–H and O–H groups in total. The smallest absolute Gasteiger partial charge is 0.416 e. The van der Waals surface area contributed by atoms with Gasteiger partial charge < -0.3 is 9.64 Å². The molecule has 0 aliphatic carbocycles. The molecule has 2 fully saturated rings. The number of cyclic esters (lactones) is 1. The predicted molar refractivity (Wildman–Crippen MR) is 79.4 cm³/mol. The van der Waals surface area contributed by atoms with E-state index in [9.17, 15) is 4.79 Å². The van der Waals surface area contributed by atoms with Crippen molar-refractivity contribution in [2.75, 3.05) is 31.6 Å². The highest BCUT2D eigenvalue weighted by Gasteiger charge is 2.42. The minimum Gasteiger partial charge on any atom is -0.447 e. The lowest BCUT2D eigenvalue weighted by molar-refractivity contribution is 0.175. The maximum atomic E-state index is 12.0. The number of aromatic nitrogens is 2. The number of carbonyl (C=O) groups excluding carboxylic acids is 1. The van der Waals surface area contributed by atoms with E-state index in [4.69, 9.17) is 9.72 Å². The van der Waals surface area contributed by atoms with E-state index in [1.54, 1.807) is 11.1 Å². The van der Waals surface area contributed by atoms with E-state index in [0.29, 0.717) is 18.3 Å². The second kappa shape index (κ2) is 5.26. The fraction of sp³-hybridized carbons (Fsp3) is 0.667. The van der Waals surface area contributed by atoms with Gasteiger partial charge in [-0.15, -0.1) is 0 Å². The molecule has 0 unspecified atom stereocenters. The van der Waals surface area contributed by atoms with Crippen molar-refractivity contribution in [3.63, 3.8) is 0 Å². The first-order chi connectivity index (χ1) is 9.97. The number of hydrogen-bond donors (Lipinski definition) is 0. The molecule has 1 amide bonds. The molecule has 6 nitrogen and oxygen atoms in total. The Morgan fingerprint density at radius 3 is 2.86 bits per heavy atom. The van der Waals surface area contributed by atoms with Crippen LogP contribution in [0.3, 0.4) is 0 Å². The molecule has 2 aliphatic heterocycles. The lowest BCUT2D eigenvalue weighted by atomic mass is 9.95. The lowest BCUT2D eigenvalue weighted by Crippen LogP contribution is -2.42. The van der Waals surface area contributed by atoms with Gasteiger partial charge in [0, 0.05) is 18.7 Å². The fourth-order valence-corrected chi connectivity index (χ4v) is 3.10. The molecule has 1 aromatic rings. The van der Waals surface area contributed by atoms with Gasteiger partial charge in [0.15, 0.2) is 5.82 Å². The Morgan fingerprint density at radius 1 is 1.38 bits per heavy atom. The van der Waals surface area contributed by atoms with Gasteiger partial charge in [-0.05, 0) is 40.3 Å². The number of rotatable bonds is 2. The molecule has 0 aromatic carbocycles. The summed E-state index contributed by atoms with van der Waals surface area (Å²) in [7, 11) is 2.13. The topological polar surface area (TPSA) is 58.6 Å². The summed E-state index contributed by atoms with van der Waals surface area (Å²) in [4.78, 5) is 24.9. The van der Waals surface area contributed by atoms with Crippen molar-refractivity contribution in [1.82, 2.24) is 14.9 Å². The van der Waals surface area contributed by atoms with E-state index >= 15 is 0 Å². The quantitative estimate of drug-likeness (QED) is 0.834. The van der Waals surface area contributed by atoms with Crippen molar-refractivity contribution in [3.05, 3.63) is 18.1 Å². The van der Waals surface area contributed by atoms with Crippen LogP contribution in [0.2, 0.25) is 0 Å². The number of carbonyl (C=O) groups is 1. The van der Waals surface area contributed by atoms with Gasteiger partial charge in [-0.25, -0.2) is 9.78 Å². The van der Waals surface area contributed by atoms with Crippen LogP contribution in [0, 0.1) is 0 Å². The number of hydrogen-bond acceptors (Lipinski definition) is 5. The molecule has 0 saturated carbocycles. The predicted octanol–water partition coefficient (Wildman–Crippen LogP) is 2.02. The Morgan fingerprint density at radius 2 is 2.19 bits per heavy atom. The van der Waals surface area contributed by atoms with Crippen molar-refractivity contribution in [1.29, 1.82) is 0 Å². The number of ether oxygens (including phenoxy) is 1. The largest absolute Gasteiger partial charge is 0.447 e. The van der Waals surface area contributed by atoms with Crippen molar-refractivity contribution in [2.45, 2.75) is 38.1 Å². The molecule has 2 saturated heterocycles. The van der Waals surface area contributed by atoms with Crippen molar-refractivity contribution >= 4 is 11.9 Å². The molecule has 3 rings (SSSR count). The molecule has 3 heterocycles. The SMILES string of the molecule is CN1CCC[C@@H](c2cncc(N3C(=O)OCC3(C)C)n2)C1. The maximum Gasteiger partial charge on any atom is 0.416 e. The molecular weight excluding hydrogens is 268 g/mol. The maximum absolute atomic E-state index is 12.0. The van der Waals surface area contributed by atoms with E-state index in [2.05, 4.69) is 16.9 Å². The summed E-state index contributed by atoms with van der Waals surface area (Å²) >= 11 is 0. The zero-order valence-electron chi connectivity index (χ0n) is 12.9. The molecular formula is C15H22N4O2. The molecule has 0 spiro atoms. The number of likely N-dealkylation sites (tertiary alicyclic amines) is 1. The summed E-state index contributed by atoms with van der Waals surface area (Å²) in [5.74, 6) is 0.978. The Kier molecular flexibility index (Phi) is 3.57. The van der Waals surface area contributed by atoms with Gasteiger partial charge in [-0.2, -0.15) is 0 Å². The van der Waals surface area contributed by atoms with Gasteiger partial charge in [0.25, 0.3) is 0 Å². The zero-order chi connectivity index (χ0) is 15.0. The molecule has 21 heavy (non-hydrogen) atoms. The second-order valence-corrected chi connectivity index (χ2v) is 6.61. The third-order valence-electron chi connectivity index (χ3n) is 4.25. The van der Waals surface area contributed by atoms with Crippen LogP contribution in [0.25, 0.3) is 0 Å². The van der Waals surface area contributed by atoms with Gasteiger partial charge in [0.1, 0.15) is 6.61 Å². The third-order valence-corrected chi connectivity index (χ3v) is 4.25. The van der Waals surface area contributed by atoms with Crippen LogP contribution < -0.4 is 4.90 Å². The Hall–Kier alpha value is -1.69. The molecule has 1 aromatic heterocycles. The molecule has 6 heteroatoms. The van der Waals surface area contributed by atoms with Crippen LogP contribution in [0.1, 0.15) is 38.3 Å². The molecule has 1 atom stereocenters. The number of nitrogens with zero attached hydrogens (tertiary/aromatic N) is 4. The summed E-state index contributed by atoms with van der Waals surface area (Å²) in [6.45, 7) is 6.45. The lowest BCUT2D eigenvalue weighted by Gasteiger charge is -2.30. The Labute approximate surface area is 125 Å². The van der Waals surface area contributed by atoms with Crippen molar-refractivity contribution in [3.8, 4) is 0 Å². The molecule has 0 radical (unpaired) electrons. The van der Waals surface area contributed by atoms with Gasteiger partial charge in [0.05, 0.1) is 17.4 Å². The Balaban J connectivity index is 1.88. The van der Waals surface area contributed by atoms with E-state index < -0.39 is 0 Å². The second-order valence-electron chi connectivity index (χ2n) is 6.61. The molecule has 114 valence electrons. The highest BCUT2D eigenvalue weighted by Crippen LogP contribution is 2.31. The van der Waals surface area contributed by atoms with Crippen LogP contribution in [0.4, 0.5) is 10.6 Å². The van der Waals surface area contributed by atoms with E-state index in [1.807, 2.05) is 20.0 Å². The van der Waals surface area contributed by atoms with Crippen LogP contribution >= 0.6 is 0 Å². The summed E-state index contributed by atoms with van der Waals surface area (Å²) < 4.78 is 5.15. The molecule has 2 aliphatic rings. The van der Waals surface area contributed by atoms with Crippen molar-refractivity contribution < 1.29 is 9.53 Å². The number of anilines is 1. The van der Waals surface area contributed by atoms with Crippen molar-refractivity contribution in [2.24, 2.45) is 0 Å². The monoisotopic (exact) mass is 290 g/mol. The van der Waals surface area contributed by atoms with Gasteiger partial charge in [-0.1, -0.05) is 0 Å². The first-order valence-electron chi connectivity index (χ1n) is 7.45.